The number of hydrogen-bond acceptors (Lipinski definition) is 7. The van der Waals surface area contributed by atoms with E-state index in [4.69, 9.17) is 22.1 Å². The normalized spacial score (nSPS) is 20.9. The number of hydrogen-bond donors (Lipinski definition) is 2. The minimum absolute atomic E-state index is 0.0421. The lowest BCUT2D eigenvalue weighted by Crippen LogP contribution is -2.52. The fourth-order valence-corrected chi connectivity index (χ4v) is 8.45. The molecule has 4 aliphatic rings. The van der Waals surface area contributed by atoms with Gasteiger partial charge in [0.05, 0.1) is 16.4 Å². The van der Waals surface area contributed by atoms with E-state index < -0.39 is 12.2 Å². The summed E-state index contributed by atoms with van der Waals surface area (Å²) >= 11 is 8.06. The molecule has 1 aromatic carbocycles. The minimum atomic E-state index is -0.960. The molecule has 12 heteroatoms. The van der Waals surface area contributed by atoms with Crippen LogP contribution in [-0.4, -0.2) is 102 Å². The summed E-state index contributed by atoms with van der Waals surface area (Å²) in [4.78, 5) is 48.5. The molecule has 4 amide bonds. The maximum atomic E-state index is 14.0. The first kappa shape index (κ1) is 31.9. The number of benzene rings is 1. The van der Waals surface area contributed by atoms with Crippen molar-refractivity contribution in [3.05, 3.63) is 44.6 Å². The van der Waals surface area contributed by atoms with E-state index in [0.29, 0.717) is 68.7 Å². The Bertz CT molecular complexity index is 1380. The molecule has 0 unspecified atom stereocenters. The number of carbonyl (C=O) groups is 3. The summed E-state index contributed by atoms with van der Waals surface area (Å²) in [6.07, 6.45) is 5.99. The highest BCUT2D eigenvalue weighted by atomic mass is 35.5. The van der Waals surface area contributed by atoms with Crippen molar-refractivity contribution < 1.29 is 19.1 Å². The number of nitrogens with zero attached hydrogens (tertiary/aromatic N) is 4. The molecular weight excluding hydrogens is 612 g/mol. The number of ether oxygens (including phenoxy) is 1. The number of anilines is 2. The molecule has 45 heavy (non-hydrogen) atoms. The number of likely N-dealkylation sites (tertiary alicyclic amines) is 3. The van der Waals surface area contributed by atoms with Crippen LogP contribution in [0.2, 0.25) is 5.02 Å². The Morgan fingerprint density at radius 1 is 1.00 bits per heavy atom. The highest BCUT2D eigenvalue weighted by Crippen LogP contribution is 2.29. The van der Waals surface area contributed by atoms with Gasteiger partial charge in [0, 0.05) is 56.6 Å². The Labute approximate surface area is 274 Å². The van der Waals surface area contributed by atoms with Crippen LogP contribution in [0.25, 0.3) is 0 Å². The van der Waals surface area contributed by atoms with E-state index in [1.54, 1.807) is 22.3 Å². The number of fused-ring (bicyclic) bond motifs is 1. The molecule has 1 atom stereocenters. The number of aryl methyl sites for hydroxylation is 1. The summed E-state index contributed by atoms with van der Waals surface area (Å²) < 4.78 is 6.05. The van der Waals surface area contributed by atoms with Crippen LogP contribution in [-0.2, 0) is 28.8 Å². The lowest BCUT2D eigenvalue weighted by Gasteiger charge is -2.39. The molecule has 4 aliphatic heterocycles. The van der Waals surface area contributed by atoms with Crippen LogP contribution < -0.4 is 11.1 Å². The van der Waals surface area contributed by atoms with Gasteiger partial charge in [-0.2, -0.15) is 0 Å². The largest absolute Gasteiger partial charge is 0.436 e. The highest BCUT2D eigenvalue weighted by molar-refractivity contribution is 7.08. The quantitative estimate of drug-likeness (QED) is 0.395. The Balaban J connectivity index is 1.10. The zero-order chi connectivity index (χ0) is 31.5. The molecule has 6 rings (SSSR count). The first-order valence-corrected chi connectivity index (χ1v) is 17.8. The number of nitrogens with one attached hydrogen (secondary N) is 1. The smallest absolute Gasteiger partial charge is 0.410 e. The second-order valence-corrected chi connectivity index (χ2v) is 13.9. The SMILES string of the molecule is CCc1cc(C[C@@H](OC(=O)N2CCC(N3CCc4cscc4NC3=O)CC2)C(=O)N2CCC(N3CCCC3)CC2)cc(Cl)c1N. The maximum absolute atomic E-state index is 14.0. The van der Waals surface area contributed by atoms with Gasteiger partial charge in [0.15, 0.2) is 6.10 Å². The van der Waals surface area contributed by atoms with Gasteiger partial charge in [0.2, 0.25) is 0 Å². The van der Waals surface area contributed by atoms with Crippen molar-refractivity contribution in [2.75, 3.05) is 56.9 Å². The fraction of sp³-hybridized carbons (Fsp3) is 0.606. The summed E-state index contributed by atoms with van der Waals surface area (Å²) in [5.41, 5.74) is 10.5. The van der Waals surface area contributed by atoms with Crippen LogP contribution in [0.15, 0.2) is 22.9 Å². The van der Waals surface area contributed by atoms with Gasteiger partial charge in [0.1, 0.15) is 0 Å². The van der Waals surface area contributed by atoms with Crippen molar-refractivity contribution in [2.45, 2.75) is 82.9 Å². The van der Waals surface area contributed by atoms with Crippen LogP contribution in [0.1, 0.15) is 62.1 Å². The number of rotatable bonds is 7. The van der Waals surface area contributed by atoms with Crippen molar-refractivity contribution in [1.29, 1.82) is 0 Å². The number of nitrogens with two attached hydrogens (primary N) is 1. The molecule has 3 fully saturated rings. The van der Waals surface area contributed by atoms with E-state index >= 15 is 0 Å². The number of piperidine rings is 2. The monoisotopic (exact) mass is 656 g/mol. The lowest BCUT2D eigenvalue weighted by molar-refractivity contribution is -0.142. The first-order chi connectivity index (χ1) is 21.8. The fourth-order valence-electron chi connectivity index (χ4n) is 7.36. The first-order valence-electron chi connectivity index (χ1n) is 16.5. The second-order valence-electron chi connectivity index (χ2n) is 12.8. The van der Waals surface area contributed by atoms with E-state index in [-0.39, 0.29) is 24.4 Å². The average molecular weight is 657 g/mol. The summed E-state index contributed by atoms with van der Waals surface area (Å²) in [6, 6.07) is 4.22. The van der Waals surface area contributed by atoms with Crippen LogP contribution in [0.5, 0.6) is 0 Å². The molecular formula is C33H45ClN6O4S. The Morgan fingerprint density at radius 2 is 1.69 bits per heavy atom. The highest BCUT2D eigenvalue weighted by Gasteiger charge is 2.36. The summed E-state index contributed by atoms with van der Waals surface area (Å²) in [6.45, 7) is 7.19. The summed E-state index contributed by atoms with van der Waals surface area (Å²) in [5.74, 6) is -0.155. The van der Waals surface area contributed by atoms with Crippen LogP contribution in [0, 0.1) is 0 Å². The van der Waals surface area contributed by atoms with Gasteiger partial charge in [-0.05, 0) is 92.6 Å². The molecule has 244 valence electrons. The summed E-state index contributed by atoms with van der Waals surface area (Å²) in [5, 5.41) is 7.55. The van der Waals surface area contributed by atoms with Crippen molar-refractivity contribution in [3.8, 4) is 0 Å². The number of urea groups is 1. The van der Waals surface area contributed by atoms with Gasteiger partial charge in [-0.1, -0.05) is 24.6 Å². The van der Waals surface area contributed by atoms with Gasteiger partial charge < -0.3 is 35.4 Å². The molecule has 0 saturated carbocycles. The predicted molar refractivity (Wildman–Crippen MR) is 178 cm³/mol. The topological polar surface area (TPSA) is 111 Å². The lowest BCUT2D eigenvalue weighted by atomic mass is 9.99. The molecule has 3 N–H and O–H groups in total. The molecule has 0 bridgehead atoms. The molecule has 10 nitrogen and oxygen atoms in total. The molecule has 5 heterocycles. The predicted octanol–water partition coefficient (Wildman–Crippen LogP) is 5.24. The Hall–Kier alpha value is -3.02. The van der Waals surface area contributed by atoms with E-state index in [0.717, 1.165) is 49.2 Å². The molecule has 2 aromatic rings. The molecule has 3 saturated heterocycles. The van der Waals surface area contributed by atoms with E-state index in [9.17, 15) is 14.4 Å². The third-order valence-corrected chi connectivity index (χ3v) is 11.2. The van der Waals surface area contributed by atoms with E-state index in [1.165, 1.54) is 18.4 Å². The van der Waals surface area contributed by atoms with Gasteiger partial charge in [-0.25, -0.2) is 9.59 Å². The summed E-state index contributed by atoms with van der Waals surface area (Å²) in [7, 11) is 0. The van der Waals surface area contributed by atoms with Crippen molar-refractivity contribution in [2.24, 2.45) is 0 Å². The number of nitrogen functional groups attached to an aromatic ring is 1. The Morgan fingerprint density at radius 3 is 2.40 bits per heavy atom. The minimum Gasteiger partial charge on any atom is -0.436 e. The number of amides is 4. The van der Waals surface area contributed by atoms with E-state index in [1.807, 2.05) is 28.2 Å². The third kappa shape index (κ3) is 7.20. The zero-order valence-electron chi connectivity index (χ0n) is 26.1. The molecule has 0 spiro atoms. The maximum Gasteiger partial charge on any atom is 0.410 e. The van der Waals surface area contributed by atoms with Gasteiger partial charge in [0.25, 0.3) is 5.91 Å². The standard InChI is InChI=1S/C33H45ClN6O4S/c1-2-23-17-22(18-27(34)30(23)35)19-29(31(41)38-12-6-25(7-13-38)37-10-3-4-11-37)44-33(43)39-14-8-26(9-15-39)40-16-5-24-20-45-21-28(24)36-32(40)42/h17-18,20-21,25-26,29H,2-16,19,35H2,1H3,(H,36,42)/t29-/m1/s1. The van der Waals surface area contributed by atoms with E-state index in [2.05, 4.69) is 15.6 Å². The second kappa shape index (κ2) is 14.2. The Kier molecular flexibility index (Phi) is 10.1. The zero-order valence-corrected chi connectivity index (χ0v) is 27.7. The molecule has 0 radical (unpaired) electrons. The van der Waals surface area contributed by atoms with Gasteiger partial charge >= 0.3 is 12.1 Å². The molecule has 0 aliphatic carbocycles. The third-order valence-electron chi connectivity index (χ3n) is 10.1. The van der Waals surface area contributed by atoms with Crippen molar-refractivity contribution in [3.63, 3.8) is 0 Å². The van der Waals surface area contributed by atoms with Gasteiger partial charge in [-0.3, -0.25) is 4.79 Å². The number of halogens is 1. The van der Waals surface area contributed by atoms with Crippen molar-refractivity contribution >= 4 is 52.3 Å². The number of carbonyl (C=O) groups excluding carboxylic acids is 3. The van der Waals surface area contributed by atoms with Crippen LogP contribution >= 0.6 is 22.9 Å². The number of thiophene rings is 1. The molecule has 1 aromatic heterocycles. The average Bonchev–Trinajstić information content (AvgIpc) is 3.72. The van der Waals surface area contributed by atoms with Gasteiger partial charge in [-0.15, -0.1) is 11.3 Å². The van der Waals surface area contributed by atoms with Crippen LogP contribution in [0.3, 0.4) is 0 Å². The van der Waals surface area contributed by atoms with Crippen LogP contribution in [0.4, 0.5) is 21.0 Å². The van der Waals surface area contributed by atoms with Crippen molar-refractivity contribution in [1.82, 2.24) is 19.6 Å².